The number of imide groups is 1. The standard InChI is InChI=1S/C29H53NO6.Mg/c1-3-5-7-9-11-13-15-17-19-21-26(31)30(25(29(35)36)23-24-28(33)34)27(32)22-20-18-16-14-12-10-8-6-4-2;/h25H,3-24H2,1-2H3,(H,33,34)(H,35,36);/q;+2/p-2. The Hall–Kier alpha value is -1.15. The Kier molecular flexibility index (Phi) is 27.2. The van der Waals surface area contributed by atoms with E-state index in [4.69, 9.17) is 0 Å². The maximum absolute atomic E-state index is 12.9. The Morgan fingerprint density at radius 1 is 0.541 bits per heavy atom. The number of hydrogen-bond acceptors (Lipinski definition) is 6. The molecule has 0 aromatic carbocycles. The zero-order chi connectivity index (χ0) is 27.0. The molecular weight excluding hydrogens is 483 g/mol. The van der Waals surface area contributed by atoms with Crippen LogP contribution in [0.2, 0.25) is 0 Å². The van der Waals surface area contributed by atoms with E-state index in [9.17, 15) is 29.4 Å². The Morgan fingerprint density at radius 2 is 0.865 bits per heavy atom. The molecule has 0 bridgehead atoms. The number of amides is 2. The van der Waals surface area contributed by atoms with Crippen molar-refractivity contribution in [3.8, 4) is 0 Å². The van der Waals surface area contributed by atoms with E-state index in [2.05, 4.69) is 13.8 Å². The van der Waals surface area contributed by atoms with Gasteiger partial charge in [0, 0.05) is 18.8 Å². The molecule has 0 saturated heterocycles. The smallest absolute Gasteiger partial charge is 0.550 e. The second-order valence-electron chi connectivity index (χ2n) is 10.1. The van der Waals surface area contributed by atoms with Gasteiger partial charge in [0.25, 0.3) is 0 Å². The average molecular weight is 534 g/mol. The van der Waals surface area contributed by atoms with E-state index in [1.165, 1.54) is 64.2 Å². The summed E-state index contributed by atoms with van der Waals surface area (Å²) in [5.41, 5.74) is 0. The summed E-state index contributed by atoms with van der Waals surface area (Å²) in [6.45, 7) is 4.37. The number of carboxylic acids is 2. The second-order valence-corrected chi connectivity index (χ2v) is 10.1. The molecule has 0 spiro atoms. The van der Waals surface area contributed by atoms with Crippen LogP contribution in [0.1, 0.15) is 155 Å². The number of nitrogens with zero attached hydrogens (tertiary/aromatic N) is 1. The number of carbonyl (C=O) groups excluding carboxylic acids is 4. The third-order valence-electron chi connectivity index (χ3n) is 6.73. The molecule has 8 heteroatoms. The molecule has 0 heterocycles. The molecule has 210 valence electrons. The average Bonchev–Trinajstić information content (AvgIpc) is 2.83. The minimum absolute atomic E-state index is 0. The molecule has 0 aliphatic heterocycles. The van der Waals surface area contributed by atoms with Crippen LogP contribution in [0.25, 0.3) is 0 Å². The summed E-state index contributed by atoms with van der Waals surface area (Å²) in [7, 11) is 0. The van der Waals surface area contributed by atoms with Crippen molar-refractivity contribution < 1.29 is 29.4 Å². The monoisotopic (exact) mass is 533 g/mol. The fourth-order valence-corrected chi connectivity index (χ4v) is 4.51. The number of rotatable bonds is 25. The first-order valence-electron chi connectivity index (χ1n) is 14.6. The Labute approximate surface area is 241 Å². The third-order valence-corrected chi connectivity index (χ3v) is 6.73. The molecule has 2 amide bonds. The SMILES string of the molecule is CCCCCCCCCCCC(=O)N(C(=O)CCCCCCCCCCC)C(CCC(=O)[O-])C(=O)[O-].[Mg+2]. The molecule has 0 N–H and O–H groups in total. The van der Waals surface area contributed by atoms with Crippen LogP contribution < -0.4 is 10.2 Å². The maximum Gasteiger partial charge on any atom is 2.00 e. The molecule has 0 radical (unpaired) electrons. The van der Waals surface area contributed by atoms with Gasteiger partial charge in [0.05, 0.1) is 12.0 Å². The van der Waals surface area contributed by atoms with Gasteiger partial charge in [-0.25, -0.2) is 0 Å². The fourth-order valence-electron chi connectivity index (χ4n) is 4.51. The first-order chi connectivity index (χ1) is 17.3. The molecular formula is C29H51MgNO6. The van der Waals surface area contributed by atoms with Crippen molar-refractivity contribution in [2.45, 2.75) is 161 Å². The molecule has 0 aliphatic carbocycles. The number of hydrogen-bond donors (Lipinski definition) is 0. The van der Waals surface area contributed by atoms with Crippen LogP contribution in [0, 0.1) is 0 Å². The van der Waals surface area contributed by atoms with E-state index in [-0.39, 0.29) is 35.9 Å². The van der Waals surface area contributed by atoms with Gasteiger partial charge in [-0.2, -0.15) is 0 Å². The predicted molar refractivity (Wildman–Crippen MR) is 144 cm³/mol. The van der Waals surface area contributed by atoms with E-state index in [1.54, 1.807) is 0 Å². The minimum atomic E-state index is -1.60. The van der Waals surface area contributed by atoms with E-state index in [0.29, 0.717) is 12.8 Å². The van der Waals surface area contributed by atoms with Crippen LogP contribution in [0.15, 0.2) is 0 Å². The van der Waals surface area contributed by atoms with Crippen LogP contribution in [0.3, 0.4) is 0 Å². The van der Waals surface area contributed by atoms with Gasteiger partial charge in [0.1, 0.15) is 0 Å². The summed E-state index contributed by atoms with van der Waals surface area (Å²) < 4.78 is 0. The normalized spacial score (nSPS) is 11.5. The van der Waals surface area contributed by atoms with Crippen LogP contribution in [-0.2, 0) is 19.2 Å². The Balaban J connectivity index is 0. The van der Waals surface area contributed by atoms with Crippen molar-refractivity contribution in [1.29, 1.82) is 0 Å². The molecule has 0 saturated carbocycles. The molecule has 1 unspecified atom stereocenters. The van der Waals surface area contributed by atoms with E-state index in [1.807, 2.05) is 0 Å². The topological polar surface area (TPSA) is 118 Å². The van der Waals surface area contributed by atoms with Crippen molar-refractivity contribution in [3.05, 3.63) is 0 Å². The van der Waals surface area contributed by atoms with Crippen molar-refractivity contribution in [1.82, 2.24) is 4.90 Å². The largest absolute Gasteiger partial charge is 2.00 e. The number of aliphatic carboxylic acids is 2. The molecule has 0 aromatic rings. The van der Waals surface area contributed by atoms with Gasteiger partial charge >= 0.3 is 23.1 Å². The molecule has 7 nitrogen and oxygen atoms in total. The predicted octanol–water partition coefficient (Wildman–Crippen LogP) is 4.45. The summed E-state index contributed by atoms with van der Waals surface area (Å²) in [6, 6.07) is -1.57. The summed E-state index contributed by atoms with van der Waals surface area (Å²) in [5, 5.41) is 22.6. The number of carboxylic acid groups (broad SMARTS) is 2. The minimum Gasteiger partial charge on any atom is -0.550 e. The summed E-state index contributed by atoms with van der Waals surface area (Å²) in [6.07, 6.45) is 18.5. The zero-order valence-corrected chi connectivity index (χ0v) is 25.2. The van der Waals surface area contributed by atoms with Gasteiger partial charge in [-0.1, -0.05) is 117 Å². The van der Waals surface area contributed by atoms with Crippen LogP contribution >= 0.6 is 0 Å². The van der Waals surface area contributed by atoms with Gasteiger partial charge < -0.3 is 19.8 Å². The molecule has 1 atom stereocenters. The summed E-state index contributed by atoms with van der Waals surface area (Å²) in [4.78, 5) is 49.2. The van der Waals surface area contributed by atoms with Crippen LogP contribution in [0.5, 0.6) is 0 Å². The molecule has 37 heavy (non-hydrogen) atoms. The van der Waals surface area contributed by atoms with Crippen molar-refractivity contribution in [2.24, 2.45) is 0 Å². The quantitative estimate of drug-likeness (QED) is 0.126. The van der Waals surface area contributed by atoms with Crippen molar-refractivity contribution >= 4 is 46.8 Å². The number of unbranched alkanes of at least 4 members (excludes halogenated alkanes) is 16. The zero-order valence-electron chi connectivity index (χ0n) is 23.7. The Bertz CT molecular complexity index is 579. The molecule has 0 fully saturated rings. The van der Waals surface area contributed by atoms with Gasteiger partial charge in [-0.3, -0.25) is 14.5 Å². The molecule has 0 aliphatic rings. The van der Waals surface area contributed by atoms with Crippen molar-refractivity contribution in [2.75, 3.05) is 0 Å². The first kappa shape index (κ1) is 38.0. The van der Waals surface area contributed by atoms with Gasteiger partial charge in [-0.15, -0.1) is 0 Å². The van der Waals surface area contributed by atoms with Crippen LogP contribution in [0.4, 0.5) is 0 Å². The third kappa shape index (κ3) is 21.5. The van der Waals surface area contributed by atoms with Crippen LogP contribution in [-0.4, -0.2) is 57.7 Å². The first-order valence-corrected chi connectivity index (χ1v) is 14.6. The fraction of sp³-hybridized carbons (Fsp3) is 0.862. The molecule has 0 rings (SSSR count). The molecule has 0 aromatic heterocycles. The van der Waals surface area contributed by atoms with E-state index < -0.39 is 42.6 Å². The van der Waals surface area contributed by atoms with Gasteiger partial charge in [0.2, 0.25) is 11.8 Å². The Morgan fingerprint density at radius 3 is 1.16 bits per heavy atom. The summed E-state index contributed by atoms with van der Waals surface area (Å²) >= 11 is 0. The van der Waals surface area contributed by atoms with E-state index >= 15 is 0 Å². The van der Waals surface area contributed by atoms with Crippen molar-refractivity contribution in [3.63, 3.8) is 0 Å². The van der Waals surface area contributed by atoms with Gasteiger partial charge in [-0.05, 0) is 25.7 Å². The van der Waals surface area contributed by atoms with Gasteiger partial charge in [0.15, 0.2) is 0 Å². The maximum atomic E-state index is 12.9. The second kappa shape index (κ2) is 26.5. The van der Waals surface area contributed by atoms with E-state index in [0.717, 1.165) is 43.4 Å². The number of carbonyl (C=O) groups is 4. The summed E-state index contributed by atoms with van der Waals surface area (Å²) in [5.74, 6) is -4.12.